The van der Waals surface area contributed by atoms with Crippen LogP contribution in [0.2, 0.25) is 0 Å². The minimum Gasteiger partial charge on any atom is -0.302 e. The van der Waals surface area contributed by atoms with Crippen molar-refractivity contribution in [3.63, 3.8) is 0 Å². The van der Waals surface area contributed by atoms with Crippen molar-refractivity contribution in [1.82, 2.24) is 0 Å². The maximum Gasteiger partial charge on any atom is 0.150 e. The van der Waals surface area contributed by atoms with E-state index in [1.165, 1.54) is 5.57 Å². The zero-order valence-electron chi connectivity index (χ0n) is 11.1. The van der Waals surface area contributed by atoms with Crippen LogP contribution in [-0.2, 0) is 9.59 Å². The molecule has 0 saturated heterocycles. The molecule has 0 aromatic heterocycles. The molecule has 3 unspecified atom stereocenters. The highest BCUT2D eigenvalue weighted by atomic mass is 16.1. The molecule has 0 aliphatic heterocycles. The fourth-order valence-electron chi connectivity index (χ4n) is 3.16. The molecule has 0 radical (unpaired) electrons. The zero-order chi connectivity index (χ0) is 13.3. The van der Waals surface area contributed by atoms with Crippen molar-refractivity contribution in [2.24, 2.45) is 17.8 Å². The highest BCUT2D eigenvalue weighted by molar-refractivity contribution is 6.01. The third kappa shape index (κ3) is 2.00. The van der Waals surface area contributed by atoms with Crippen LogP contribution in [0.1, 0.15) is 33.1 Å². The molecule has 2 nitrogen and oxygen atoms in total. The first-order valence-electron chi connectivity index (χ1n) is 6.65. The Morgan fingerprint density at radius 3 is 2.78 bits per heavy atom. The number of aldehydes is 1. The first-order valence-corrected chi connectivity index (χ1v) is 6.65. The molecular formula is C16H20O2. The van der Waals surface area contributed by atoms with Crippen molar-refractivity contribution >= 4 is 12.1 Å². The fraction of sp³-hybridized carbons (Fsp3) is 0.500. The van der Waals surface area contributed by atoms with Crippen LogP contribution in [0.3, 0.4) is 0 Å². The first-order chi connectivity index (χ1) is 8.60. The number of rotatable bonds is 4. The summed E-state index contributed by atoms with van der Waals surface area (Å²) in [6.07, 6.45) is 7.54. The van der Waals surface area contributed by atoms with Crippen LogP contribution >= 0.6 is 0 Å². The lowest BCUT2D eigenvalue weighted by Gasteiger charge is -2.24. The van der Waals surface area contributed by atoms with E-state index in [9.17, 15) is 9.59 Å². The van der Waals surface area contributed by atoms with Gasteiger partial charge in [0.05, 0.1) is 5.92 Å². The van der Waals surface area contributed by atoms with E-state index in [-0.39, 0.29) is 17.6 Å². The lowest BCUT2D eigenvalue weighted by molar-refractivity contribution is -0.127. The number of carbonyl (C=O) groups is 2. The van der Waals surface area contributed by atoms with E-state index in [1.54, 1.807) is 0 Å². The predicted octanol–water partition coefficient (Wildman–Crippen LogP) is 3.25. The normalized spacial score (nSPS) is 30.6. The SMILES string of the molecule is C=C(C)C1=CC=C2C(C=O)C(=O)C(CCC)C2C1. The predicted molar refractivity (Wildman–Crippen MR) is 72.0 cm³/mol. The molecule has 1 fully saturated rings. The summed E-state index contributed by atoms with van der Waals surface area (Å²) in [6, 6.07) is 0. The molecule has 3 atom stereocenters. The third-order valence-electron chi connectivity index (χ3n) is 4.15. The van der Waals surface area contributed by atoms with Crippen molar-refractivity contribution in [3.05, 3.63) is 35.5 Å². The second kappa shape index (κ2) is 5.05. The van der Waals surface area contributed by atoms with Crippen molar-refractivity contribution in [3.8, 4) is 0 Å². The van der Waals surface area contributed by atoms with Crippen LogP contribution in [-0.4, -0.2) is 12.1 Å². The van der Waals surface area contributed by atoms with Gasteiger partial charge in [0.2, 0.25) is 0 Å². The molecule has 0 amide bonds. The van der Waals surface area contributed by atoms with Gasteiger partial charge in [-0.1, -0.05) is 37.6 Å². The molecule has 0 spiro atoms. The standard InChI is InChI=1S/C16H20O2/c1-4-5-13-14-8-11(10(2)3)6-7-12(14)15(9-17)16(13)18/h6-7,9,13-15H,2,4-5,8H2,1,3H3. The summed E-state index contributed by atoms with van der Waals surface area (Å²) in [6.45, 7) is 8.05. The summed E-state index contributed by atoms with van der Waals surface area (Å²) in [7, 11) is 0. The maximum atomic E-state index is 12.3. The quantitative estimate of drug-likeness (QED) is 0.562. The molecule has 0 N–H and O–H groups in total. The molecule has 18 heavy (non-hydrogen) atoms. The molecule has 1 saturated carbocycles. The molecule has 2 heteroatoms. The van der Waals surface area contributed by atoms with Gasteiger partial charge in [-0.05, 0) is 36.8 Å². The molecule has 2 aliphatic carbocycles. The molecule has 2 rings (SSSR count). The van der Waals surface area contributed by atoms with E-state index in [0.29, 0.717) is 0 Å². The molecule has 0 aromatic carbocycles. The van der Waals surface area contributed by atoms with E-state index < -0.39 is 5.92 Å². The number of hydrogen-bond donors (Lipinski definition) is 0. The average molecular weight is 244 g/mol. The van der Waals surface area contributed by atoms with Crippen LogP contribution in [0.25, 0.3) is 0 Å². The topological polar surface area (TPSA) is 34.1 Å². The van der Waals surface area contributed by atoms with Gasteiger partial charge < -0.3 is 4.79 Å². The summed E-state index contributed by atoms with van der Waals surface area (Å²) in [5.41, 5.74) is 3.30. The van der Waals surface area contributed by atoms with Crippen molar-refractivity contribution < 1.29 is 9.59 Å². The Kier molecular flexibility index (Phi) is 3.65. The van der Waals surface area contributed by atoms with Crippen molar-refractivity contribution in [2.45, 2.75) is 33.1 Å². The second-order valence-electron chi connectivity index (χ2n) is 5.36. The zero-order valence-corrected chi connectivity index (χ0v) is 11.1. The fourth-order valence-corrected chi connectivity index (χ4v) is 3.16. The van der Waals surface area contributed by atoms with Gasteiger partial charge in [0.25, 0.3) is 0 Å². The number of fused-ring (bicyclic) bond motifs is 1. The highest BCUT2D eigenvalue weighted by Crippen LogP contribution is 2.46. The summed E-state index contributed by atoms with van der Waals surface area (Å²) in [4.78, 5) is 23.4. The van der Waals surface area contributed by atoms with Crippen molar-refractivity contribution in [2.75, 3.05) is 0 Å². The van der Waals surface area contributed by atoms with Crippen LogP contribution in [0.5, 0.6) is 0 Å². The third-order valence-corrected chi connectivity index (χ3v) is 4.15. The van der Waals surface area contributed by atoms with Gasteiger partial charge in [0.1, 0.15) is 6.29 Å². The number of carbonyl (C=O) groups excluding carboxylic acids is 2. The highest BCUT2D eigenvalue weighted by Gasteiger charge is 2.45. The lowest BCUT2D eigenvalue weighted by atomic mass is 9.80. The Bertz CT molecular complexity index is 454. The van der Waals surface area contributed by atoms with Crippen molar-refractivity contribution in [1.29, 1.82) is 0 Å². The van der Waals surface area contributed by atoms with Gasteiger partial charge in [-0.3, -0.25) is 4.79 Å². The molecule has 0 bridgehead atoms. The summed E-state index contributed by atoms with van der Waals surface area (Å²) < 4.78 is 0. The summed E-state index contributed by atoms with van der Waals surface area (Å²) >= 11 is 0. The van der Waals surface area contributed by atoms with Gasteiger partial charge in [-0.25, -0.2) is 0 Å². The van der Waals surface area contributed by atoms with E-state index in [4.69, 9.17) is 0 Å². The van der Waals surface area contributed by atoms with Gasteiger partial charge in [-0.15, -0.1) is 0 Å². The summed E-state index contributed by atoms with van der Waals surface area (Å²) in [5, 5.41) is 0. The molecule has 0 aromatic rings. The van der Waals surface area contributed by atoms with Gasteiger partial charge in [-0.2, -0.15) is 0 Å². The van der Waals surface area contributed by atoms with Gasteiger partial charge >= 0.3 is 0 Å². The van der Waals surface area contributed by atoms with Crippen LogP contribution < -0.4 is 0 Å². The first kappa shape index (κ1) is 13.0. The van der Waals surface area contributed by atoms with Crippen LogP contribution in [0.15, 0.2) is 35.5 Å². The van der Waals surface area contributed by atoms with Gasteiger partial charge in [0.15, 0.2) is 5.78 Å². The smallest absolute Gasteiger partial charge is 0.150 e. The second-order valence-corrected chi connectivity index (χ2v) is 5.36. The minimum absolute atomic E-state index is 0.0273. The van der Waals surface area contributed by atoms with Crippen LogP contribution in [0.4, 0.5) is 0 Å². The maximum absolute atomic E-state index is 12.3. The van der Waals surface area contributed by atoms with Crippen LogP contribution in [0, 0.1) is 17.8 Å². The molecule has 2 aliphatic rings. The van der Waals surface area contributed by atoms with E-state index in [2.05, 4.69) is 13.5 Å². The Morgan fingerprint density at radius 2 is 2.22 bits per heavy atom. The Hall–Kier alpha value is -1.44. The minimum atomic E-state index is -0.491. The molecule has 96 valence electrons. The van der Waals surface area contributed by atoms with E-state index >= 15 is 0 Å². The summed E-state index contributed by atoms with van der Waals surface area (Å²) in [5.74, 6) is -0.113. The van der Waals surface area contributed by atoms with E-state index in [1.807, 2.05) is 19.1 Å². The Labute approximate surface area is 108 Å². The number of allylic oxidation sites excluding steroid dienone is 5. The average Bonchev–Trinajstić information content (AvgIpc) is 2.62. The molecule has 0 heterocycles. The largest absolute Gasteiger partial charge is 0.302 e. The monoisotopic (exact) mass is 244 g/mol. The van der Waals surface area contributed by atoms with E-state index in [0.717, 1.165) is 36.7 Å². The lowest BCUT2D eigenvalue weighted by Crippen LogP contribution is -2.18. The van der Waals surface area contributed by atoms with Gasteiger partial charge in [0, 0.05) is 5.92 Å². The number of ketones is 1. The number of hydrogen-bond acceptors (Lipinski definition) is 2. The number of Topliss-reactive ketones (excluding diaryl/α,β-unsaturated/α-hetero) is 1. The Morgan fingerprint density at radius 1 is 1.50 bits per heavy atom. The molecular weight excluding hydrogens is 224 g/mol. The Balaban J connectivity index is 2.35.